The van der Waals surface area contributed by atoms with E-state index in [2.05, 4.69) is 4.90 Å². The van der Waals surface area contributed by atoms with Gasteiger partial charge in [0.05, 0.1) is 0 Å². The predicted molar refractivity (Wildman–Crippen MR) is 73.7 cm³/mol. The molecule has 1 aromatic carbocycles. The molecule has 0 aliphatic carbocycles. The van der Waals surface area contributed by atoms with Gasteiger partial charge in [0.25, 0.3) is 0 Å². The van der Waals surface area contributed by atoms with E-state index in [9.17, 15) is 9.59 Å². The van der Waals surface area contributed by atoms with Crippen molar-refractivity contribution in [2.45, 2.75) is 38.6 Å². The molecule has 1 aromatic rings. The number of hydrogen-bond donors (Lipinski definition) is 1. The first-order valence-electron chi connectivity index (χ1n) is 6.70. The molecule has 0 saturated carbocycles. The van der Waals surface area contributed by atoms with Crippen molar-refractivity contribution < 1.29 is 14.7 Å². The Balaban J connectivity index is 2.23. The maximum atomic E-state index is 12.0. The molecular weight excluding hydrogens is 242 g/mol. The van der Waals surface area contributed by atoms with Gasteiger partial charge in [-0.1, -0.05) is 12.1 Å². The van der Waals surface area contributed by atoms with Gasteiger partial charge in [0.1, 0.15) is 0 Å². The van der Waals surface area contributed by atoms with Crippen LogP contribution >= 0.6 is 0 Å². The van der Waals surface area contributed by atoms with Crippen LogP contribution < -0.4 is 4.90 Å². The molecule has 19 heavy (non-hydrogen) atoms. The van der Waals surface area contributed by atoms with Gasteiger partial charge in [-0.15, -0.1) is 0 Å². The topological polar surface area (TPSA) is 57.6 Å². The predicted octanol–water partition coefficient (Wildman–Crippen LogP) is 2.72. The minimum absolute atomic E-state index is 0.128. The summed E-state index contributed by atoms with van der Waals surface area (Å²) in [6.07, 6.45) is 2.15. The van der Waals surface area contributed by atoms with E-state index in [1.165, 1.54) is 0 Å². The molecule has 1 aliphatic heterocycles. The van der Waals surface area contributed by atoms with Crippen molar-refractivity contribution in [1.82, 2.24) is 0 Å². The first-order valence-corrected chi connectivity index (χ1v) is 6.70. The van der Waals surface area contributed by atoms with Gasteiger partial charge in [-0.2, -0.15) is 0 Å². The van der Waals surface area contributed by atoms with E-state index in [1.54, 1.807) is 0 Å². The smallest absolute Gasteiger partial charge is 0.303 e. The molecule has 0 bridgehead atoms. The summed E-state index contributed by atoms with van der Waals surface area (Å²) in [6, 6.07) is 7.75. The van der Waals surface area contributed by atoms with Crippen LogP contribution in [0, 0.1) is 0 Å². The van der Waals surface area contributed by atoms with Gasteiger partial charge in [0.15, 0.2) is 5.78 Å². The van der Waals surface area contributed by atoms with Gasteiger partial charge in [-0.25, -0.2) is 0 Å². The second kappa shape index (κ2) is 5.87. The van der Waals surface area contributed by atoms with Gasteiger partial charge in [0, 0.05) is 36.7 Å². The average molecular weight is 261 g/mol. The number of aliphatic carboxylic acids is 1. The van der Waals surface area contributed by atoms with Crippen LogP contribution in [-0.2, 0) is 4.79 Å². The number of benzene rings is 1. The number of hydrogen-bond acceptors (Lipinski definition) is 3. The van der Waals surface area contributed by atoms with Crippen LogP contribution in [0.1, 0.15) is 43.0 Å². The Labute approximate surface area is 113 Å². The lowest BCUT2D eigenvalue weighted by atomic mass is 10.1. The Morgan fingerprint density at radius 3 is 2.89 bits per heavy atom. The number of carboxylic acids is 1. The molecule has 1 unspecified atom stereocenters. The number of carbonyl (C=O) groups excluding carboxylic acids is 1. The van der Waals surface area contributed by atoms with Crippen LogP contribution in [0.3, 0.4) is 0 Å². The Morgan fingerprint density at radius 1 is 1.42 bits per heavy atom. The van der Waals surface area contributed by atoms with Crippen LogP contribution in [0.5, 0.6) is 0 Å². The zero-order valence-corrected chi connectivity index (χ0v) is 11.1. The summed E-state index contributed by atoms with van der Waals surface area (Å²) in [5.74, 6) is -0.588. The zero-order chi connectivity index (χ0) is 13.8. The minimum Gasteiger partial charge on any atom is -0.481 e. The minimum atomic E-state index is -0.772. The SMILES string of the molecule is CC(CCC(=O)O)N1CCCC(=O)c2ccccc21. The van der Waals surface area contributed by atoms with Crippen LogP contribution in [0.15, 0.2) is 24.3 Å². The fraction of sp³-hybridized carbons (Fsp3) is 0.467. The number of carboxylic acid groups (broad SMARTS) is 1. The molecule has 4 nitrogen and oxygen atoms in total. The molecule has 102 valence electrons. The Kier molecular flexibility index (Phi) is 4.20. The summed E-state index contributed by atoms with van der Waals surface area (Å²) in [4.78, 5) is 24.9. The van der Waals surface area contributed by atoms with E-state index < -0.39 is 5.97 Å². The highest BCUT2D eigenvalue weighted by Crippen LogP contribution is 2.28. The number of anilines is 1. The molecule has 4 heteroatoms. The largest absolute Gasteiger partial charge is 0.481 e. The van der Waals surface area contributed by atoms with Crippen LogP contribution in [0.25, 0.3) is 0 Å². The Morgan fingerprint density at radius 2 is 2.16 bits per heavy atom. The molecule has 0 amide bonds. The summed E-state index contributed by atoms with van der Waals surface area (Å²) in [5, 5.41) is 8.78. The third kappa shape index (κ3) is 3.13. The Bertz CT molecular complexity index is 484. The molecule has 0 saturated heterocycles. The zero-order valence-electron chi connectivity index (χ0n) is 11.1. The summed E-state index contributed by atoms with van der Waals surface area (Å²) >= 11 is 0. The van der Waals surface area contributed by atoms with Gasteiger partial charge >= 0.3 is 5.97 Å². The molecular formula is C15H19NO3. The van der Waals surface area contributed by atoms with Gasteiger partial charge < -0.3 is 10.0 Å². The molecule has 1 N–H and O–H groups in total. The van der Waals surface area contributed by atoms with Crippen molar-refractivity contribution in [2.75, 3.05) is 11.4 Å². The number of carbonyl (C=O) groups is 2. The lowest BCUT2D eigenvalue weighted by molar-refractivity contribution is -0.137. The van der Waals surface area contributed by atoms with Gasteiger partial charge in [0.2, 0.25) is 0 Å². The fourth-order valence-electron chi connectivity index (χ4n) is 2.57. The van der Waals surface area contributed by atoms with Crippen molar-refractivity contribution in [3.63, 3.8) is 0 Å². The maximum Gasteiger partial charge on any atom is 0.303 e. The molecule has 0 aromatic heterocycles. The van der Waals surface area contributed by atoms with Crippen molar-refractivity contribution in [3.05, 3.63) is 29.8 Å². The van der Waals surface area contributed by atoms with Crippen LogP contribution in [0.2, 0.25) is 0 Å². The lowest BCUT2D eigenvalue weighted by Gasteiger charge is -2.31. The highest BCUT2D eigenvalue weighted by atomic mass is 16.4. The fourth-order valence-corrected chi connectivity index (χ4v) is 2.57. The molecule has 0 radical (unpaired) electrons. The van der Waals surface area contributed by atoms with Crippen molar-refractivity contribution in [1.29, 1.82) is 0 Å². The molecule has 0 fully saturated rings. The van der Waals surface area contributed by atoms with Crippen molar-refractivity contribution in [3.8, 4) is 0 Å². The van der Waals surface area contributed by atoms with E-state index in [1.807, 2.05) is 31.2 Å². The van der Waals surface area contributed by atoms with Gasteiger partial charge in [-0.3, -0.25) is 9.59 Å². The van der Waals surface area contributed by atoms with Crippen LogP contribution in [0.4, 0.5) is 5.69 Å². The average Bonchev–Trinajstić information content (AvgIpc) is 2.56. The maximum absolute atomic E-state index is 12.0. The third-order valence-electron chi connectivity index (χ3n) is 3.62. The van der Waals surface area contributed by atoms with Crippen LogP contribution in [-0.4, -0.2) is 29.4 Å². The van der Waals surface area contributed by atoms with E-state index >= 15 is 0 Å². The van der Waals surface area contributed by atoms with Gasteiger partial charge in [-0.05, 0) is 31.9 Å². The molecule has 1 aliphatic rings. The van der Waals surface area contributed by atoms with Crippen molar-refractivity contribution in [2.24, 2.45) is 0 Å². The number of ketones is 1. The number of para-hydroxylation sites is 1. The third-order valence-corrected chi connectivity index (χ3v) is 3.62. The number of fused-ring (bicyclic) bond motifs is 1. The Hall–Kier alpha value is -1.84. The second-order valence-corrected chi connectivity index (χ2v) is 5.02. The standard InChI is InChI=1S/C15H19NO3/c1-11(8-9-15(18)19)16-10-4-7-14(17)12-5-2-3-6-13(12)16/h2-3,5-6,11H,4,7-10H2,1H3,(H,18,19). The summed E-state index contributed by atoms with van der Waals surface area (Å²) < 4.78 is 0. The first-order chi connectivity index (χ1) is 9.09. The van der Waals surface area contributed by atoms with E-state index in [-0.39, 0.29) is 18.2 Å². The molecule has 2 rings (SSSR count). The monoisotopic (exact) mass is 261 g/mol. The van der Waals surface area contributed by atoms with Crippen molar-refractivity contribution >= 4 is 17.4 Å². The molecule has 1 heterocycles. The first kappa shape index (κ1) is 13.6. The molecule has 0 spiro atoms. The number of rotatable bonds is 4. The normalized spacial score (nSPS) is 16.7. The lowest BCUT2D eigenvalue weighted by Crippen LogP contribution is -2.34. The highest BCUT2D eigenvalue weighted by Gasteiger charge is 2.23. The van der Waals surface area contributed by atoms with E-state index in [0.717, 1.165) is 24.2 Å². The number of nitrogens with zero attached hydrogens (tertiary/aromatic N) is 1. The summed E-state index contributed by atoms with van der Waals surface area (Å²) in [6.45, 7) is 2.83. The summed E-state index contributed by atoms with van der Waals surface area (Å²) in [7, 11) is 0. The highest BCUT2D eigenvalue weighted by molar-refractivity contribution is 6.02. The molecule has 1 atom stereocenters. The quantitative estimate of drug-likeness (QED) is 0.905. The van der Waals surface area contributed by atoms with E-state index in [0.29, 0.717) is 12.8 Å². The number of Topliss-reactive ketones (excluding diaryl/α,β-unsaturated/α-hetero) is 1. The summed E-state index contributed by atoms with van der Waals surface area (Å²) in [5.41, 5.74) is 1.71. The van der Waals surface area contributed by atoms with E-state index in [4.69, 9.17) is 5.11 Å². The second-order valence-electron chi connectivity index (χ2n) is 5.02.